The number of carbonyl (C=O) groups is 5. The van der Waals surface area contributed by atoms with Gasteiger partial charge in [-0.15, -0.1) is 0 Å². The number of aliphatic hydroxyl groups is 1. The lowest BCUT2D eigenvalue weighted by atomic mass is 9.46. The van der Waals surface area contributed by atoms with Crippen LogP contribution < -0.4 is 5.32 Å². The molecule has 9 nitrogen and oxygen atoms in total. The zero-order valence-corrected chi connectivity index (χ0v) is 24.4. The highest BCUT2D eigenvalue weighted by molar-refractivity contribution is 5.95. The summed E-state index contributed by atoms with van der Waals surface area (Å²) in [5.41, 5.74) is -1.06. The molecule has 0 aliphatic heterocycles. The molecule has 226 valence electrons. The topological polar surface area (TPSA) is 147 Å². The van der Waals surface area contributed by atoms with E-state index in [2.05, 4.69) is 12.2 Å². The largest absolute Gasteiger partial charge is 0.508 e. The number of rotatable bonds is 9. The highest BCUT2D eigenvalue weighted by Crippen LogP contribution is 2.66. The molecule has 0 saturated heterocycles. The van der Waals surface area contributed by atoms with Crippen molar-refractivity contribution in [2.75, 3.05) is 13.2 Å². The predicted molar refractivity (Wildman–Crippen MR) is 152 cm³/mol. The van der Waals surface area contributed by atoms with Crippen LogP contribution >= 0.6 is 0 Å². The molecule has 1 aromatic carbocycles. The summed E-state index contributed by atoms with van der Waals surface area (Å²) in [4.78, 5) is 63.7. The predicted octanol–water partition coefficient (Wildman–Crippen LogP) is 3.39. The van der Waals surface area contributed by atoms with Gasteiger partial charge in [0.25, 0.3) is 0 Å². The number of esters is 1. The maximum atomic E-state index is 13.7. The lowest BCUT2D eigenvalue weighted by Gasteiger charge is -2.57. The molecule has 3 saturated carbocycles. The normalized spacial score (nSPS) is 33.6. The van der Waals surface area contributed by atoms with Crippen molar-refractivity contribution in [2.24, 2.45) is 28.6 Å². The number of benzene rings is 1. The summed E-state index contributed by atoms with van der Waals surface area (Å²) in [6.07, 6.45) is 5.52. The maximum absolute atomic E-state index is 13.7. The molecule has 42 heavy (non-hydrogen) atoms. The van der Waals surface area contributed by atoms with Crippen LogP contribution in [0.4, 0.5) is 0 Å². The van der Waals surface area contributed by atoms with Gasteiger partial charge in [0.1, 0.15) is 17.1 Å². The maximum Gasteiger partial charge on any atom is 0.306 e. The third-order valence-electron chi connectivity index (χ3n) is 10.9. The van der Waals surface area contributed by atoms with Gasteiger partial charge in [-0.25, -0.2) is 0 Å². The van der Waals surface area contributed by atoms with Gasteiger partial charge in [0, 0.05) is 37.1 Å². The fourth-order valence-corrected chi connectivity index (χ4v) is 8.50. The summed E-state index contributed by atoms with van der Waals surface area (Å²) < 4.78 is 5.20. The van der Waals surface area contributed by atoms with Crippen molar-refractivity contribution < 1.29 is 38.9 Å². The van der Waals surface area contributed by atoms with Gasteiger partial charge in [0.2, 0.25) is 11.7 Å². The lowest BCUT2D eigenvalue weighted by Crippen LogP contribution is -2.61. The van der Waals surface area contributed by atoms with Gasteiger partial charge in [-0.3, -0.25) is 24.0 Å². The van der Waals surface area contributed by atoms with Crippen LogP contribution in [0.2, 0.25) is 0 Å². The van der Waals surface area contributed by atoms with Gasteiger partial charge in [-0.1, -0.05) is 31.6 Å². The Kier molecular flexibility index (Phi) is 8.18. The highest BCUT2D eigenvalue weighted by Gasteiger charge is 2.68. The summed E-state index contributed by atoms with van der Waals surface area (Å²) in [6.45, 7) is 3.71. The van der Waals surface area contributed by atoms with E-state index < -0.39 is 29.4 Å². The highest BCUT2D eigenvalue weighted by atomic mass is 16.5. The van der Waals surface area contributed by atoms with Crippen molar-refractivity contribution in [1.29, 1.82) is 0 Å². The van der Waals surface area contributed by atoms with Crippen molar-refractivity contribution in [3.05, 3.63) is 41.5 Å². The van der Waals surface area contributed by atoms with Crippen LogP contribution in [0.3, 0.4) is 0 Å². The van der Waals surface area contributed by atoms with Crippen molar-refractivity contribution in [3.63, 3.8) is 0 Å². The number of allylic oxidation sites excluding steroid dienone is 1. The van der Waals surface area contributed by atoms with Gasteiger partial charge in [0.15, 0.2) is 12.4 Å². The molecule has 0 bridgehead atoms. The molecule has 0 heterocycles. The van der Waals surface area contributed by atoms with Gasteiger partial charge >= 0.3 is 5.97 Å². The molecular weight excluding hydrogens is 538 g/mol. The van der Waals surface area contributed by atoms with E-state index in [1.165, 1.54) is 0 Å². The van der Waals surface area contributed by atoms with Crippen molar-refractivity contribution in [1.82, 2.24) is 5.32 Å². The Hall–Kier alpha value is -3.33. The first kappa shape index (κ1) is 30.1. The quantitative estimate of drug-likeness (QED) is 0.377. The zero-order chi connectivity index (χ0) is 30.3. The van der Waals surface area contributed by atoms with E-state index in [0.717, 1.165) is 24.0 Å². The van der Waals surface area contributed by atoms with E-state index in [0.29, 0.717) is 32.2 Å². The number of hydrogen-bond donors (Lipinski definition) is 3. The fourth-order valence-electron chi connectivity index (χ4n) is 8.50. The SMILES string of the molecule is C[C@]12CCC(=O)C=C1CC[C@@H]1[C@@H]2C(=O)C[C@@]2(C)[C@H]1CC[C@]2(O)C(=O)COC(=O)CCC(=O)NCCc1ccc(O)cc1. The number of fused-ring (bicyclic) bond motifs is 5. The Labute approximate surface area is 246 Å². The molecule has 0 unspecified atom stereocenters. The van der Waals surface area contributed by atoms with E-state index in [-0.39, 0.29) is 72.1 Å². The summed E-state index contributed by atoms with van der Waals surface area (Å²) in [5, 5.41) is 23.8. The number of nitrogens with one attached hydrogen (secondary N) is 1. The van der Waals surface area contributed by atoms with Crippen molar-refractivity contribution in [2.45, 2.75) is 83.7 Å². The monoisotopic (exact) mass is 579 g/mol. The van der Waals surface area contributed by atoms with Crippen LogP contribution in [-0.2, 0) is 35.1 Å². The smallest absolute Gasteiger partial charge is 0.306 e. The van der Waals surface area contributed by atoms with Crippen LogP contribution in [0.1, 0.15) is 77.2 Å². The summed E-state index contributed by atoms with van der Waals surface area (Å²) >= 11 is 0. The van der Waals surface area contributed by atoms with Crippen LogP contribution in [0.5, 0.6) is 5.75 Å². The van der Waals surface area contributed by atoms with E-state index in [9.17, 15) is 34.2 Å². The average Bonchev–Trinajstić information content (AvgIpc) is 3.22. The first-order valence-corrected chi connectivity index (χ1v) is 15.1. The third-order valence-corrected chi connectivity index (χ3v) is 10.9. The van der Waals surface area contributed by atoms with Crippen LogP contribution in [-0.4, -0.2) is 58.2 Å². The van der Waals surface area contributed by atoms with Gasteiger partial charge in [0.05, 0.1) is 6.42 Å². The minimum absolute atomic E-state index is 0.0221. The van der Waals surface area contributed by atoms with Gasteiger partial charge in [-0.05, 0) is 79.5 Å². The minimum Gasteiger partial charge on any atom is -0.508 e. The van der Waals surface area contributed by atoms with Crippen LogP contribution in [0, 0.1) is 28.6 Å². The average molecular weight is 580 g/mol. The molecule has 9 heteroatoms. The first-order valence-electron chi connectivity index (χ1n) is 15.1. The van der Waals surface area contributed by atoms with Gasteiger partial charge < -0.3 is 20.3 Å². The minimum atomic E-state index is -1.77. The summed E-state index contributed by atoms with van der Waals surface area (Å²) in [6, 6.07) is 6.68. The van der Waals surface area contributed by atoms with E-state index in [1.807, 2.05) is 6.92 Å². The zero-order valence-electron chi connectivity index (χ0n) is 24.4. The molecule has 1 amide bonds. The molecule has 1 aromatic rings. The molecule has 3 N–H and O–H groups in total. The molecule has 4 aliphatic rings. The third kappa shape index (κ3) is 5.32. The Balaban J connectivity index is 1.14. The Morgan fingerprint density at radius 3 is 2.50 bits per heavy atom. The molecule has 0 spiro atoms. The first-order chi connectivity index (χ1) is 19.9. The van der Waals surface area contributed by atoms with Crippen LogP contribution in [0.15, 0.2) is 35.9 Å². The van der Waals surface area contributed by atoms with Crippen LogP contribution in [0.25, 0.3) is 0 Å². The van der Waals surface area contributed by atoms with E-state index in [1.54, 1.807) is 30.3 Å². The Morgan fingerprint density at radius 2 is 1.76 bits per heavy atom. The van der Waals surface area contributed by atoms with Crippen molar-refractivity contribution >= 4 is 29.2 Å². The molecular formula is C33H41NO8. The standard InChI is InChI=1S/C33H41NO8/c1-31-14-11-23(36)17-21(31)5-8-24-25-12-15-33(41,32(25,2)18-26(37)30(24)31)27(38)19-42-29(40)10-9-28(39)34-16-13-20-3-6-22(35)7-4-20/h3-4,6-7,17,24-25,30,35,41H,5,8-16,18-19H2,1-2H3,(H,34,39)/t24-,25-,30+,31-,32-,33-/m0/s1. The molecule has 6 atom stereocenters. The number of aromatic hydroxyl groups is 1. The van der Waals surface area contributed by atoms with E-state index >= 15 is 0 Å². The second-order valence-corrected chi connectivity index (χ2v) is 13.1. The number of amides is 1. The number of Topliss-reactive ketones (excluding diaryl/α,β-unsaturated/α-hetero) is 2. The molecule has 5 rings (SSSR count). The number of carbonyl (C=O) groups excluding carboxylic acids is 5. The molecule has 0 radical (unpaired) electrons. The number of ketones is 3. The van der Waals surface area contributed by atoms with Crippen molar-refractivity contribution in [3.8, 4) is 5.75 Å². The molecule has 0 aromatic heterocycles. The van der Waals surface area contributed by atoms with Gasteiger partial charge in [-0.2, -0.15) is 0 Å². The number of ether oxygens (including phenoxy) is 1. The molecule has 3 fully saturated rings. The number of hydrogen-bond acceptors (Lipinski definition) is 8. The second-order valence-electron chi connectivity index (χ2n) is 13.1. The second kappa shape index (κ2) is 11.4. The Morgan fingerprint density at radius 1 is 1.02 bits per heavy atom. The Bertz CT molecular complexity index is 1320. The number of phenols is 1. The lowest BCUT2D eigenvalue weighted by molar-refractivity contribution is -0.173. The van der Waals surface area contributed by atoms with E-state index in [4.69, 9.17) is 4.74 Å². The summed E-state index contributed by atoms with van der Waals surface area (Å²) in [5.74, 6) is -1.50. The molecule has 4 aliphatic carbocycles. The summed E-state index contributed by atoms with van der Waals surface area (Å²) in [7, 11) is 0. The fraction of sp³-hybridized carbons (Fsp3) is 0.606. The number of phenolic OH excluding ortho intramolecular Hbond substituents is 1.